The maximum absolute atomic E-state index is 10.3. The van der Waals surface area contributed by atoms with E-state index >= 15 is 0 Å². The zero-order chi connectivity index (χ0) is 14.3. The summed E-state index contributed by atoms with van der Waals surface area (Å²) in [5, 5.41) is 13.6. The van der Waals surface area contributed by atoms with Gasteiger partial charge in [-0.2, -0.15) is 0 Å². The second-order valence-electron chi connectivity index (χ2n) is 5.88. The molecule has 2 rings (SSSR count). The van der Waals surface area contributed by atoms with Gasteiger partial charge in [-0.05, 0) is 37.0 Å². The maximum atomic E-state index is 10.3. The van der Waals surface area contributed by atoms with Crippen LogP contribution in [-0.4, -0.2) is 23.9 Å². The van der Waals surface area contributed by atoms with Crippen LogP contribution in [-0.2, 0) is 6.54 Å². The van der Waals surface area contributed by atoms with Crippen LogP contribution in [0.15, 0.2) is 24.3 Å². The van der Waals surface area contributed by atoms with Gasteiger partial charge in [0.25, 0.3) is 0 Å². The zero-order valence-corrected chi connectivity index (χ0v) is 12.5. The first-order valence-electron chi connectivity index (χ1n) is 7.87. The first-order chi connectivity index (χ1) is 9.72. The normalized spacial score (nSPS) is 17.3. The Balaban J connectivity index is 1.70. The van der Waals surface area contributed by atoms with Crippen molar-refractivity contribution in [3.8, 4) is 5.75 Å². The molecule has 1 aliphatic rings. The molecular weight excluding hydrogens is 250 g/mol. The molecule has 3 nitrogen and oxygen atoms in total. The smallest absolute Gasteiger partial charge is 0.119 e. The monoisotopic (exact) mass is 277 g/mol. The molecule has 0 aromatic heterocycles. The van der Waals surface area contributed by atoms with Crippen molar-refractivity contribution in [2.24, 2.45) is 0 Å². The van der Waals surface area contributed by atoms with E-state index in [4.69, 9.17) is 4.74 Å². The lowest BCUT2D eigenvalue weighted by molar-refractivity contribution is 0.0475. The number of unbranched alkanes of at least 4 members (excludes halogenated alkanes) is 1. The Morgan fingerprint density at radius 2 is 1.90 bits per heavy atom. The van der Waals surface area contributed by atoms with Crippen LogP contribution >= 0.6 is 0 Å². The molecule has 0 radical (unpaired) electrons. The van der Waals surface area contributed by atoms with Crippen molar-refractivity contribution in [3.63, 3.8) is 0 Å². The topological polar surface area (TPSA) is 41.5 Å². The minimum absolute atomic E-state index is 0.469. The van der Waals surface area contributed by atoms with Gasteiger partial charge in [-0.25, -0.2) is 0 Å². The molecule has 0 aliphatic heterocycles. The molecule has 0 heterocycles. The molecule has 2 N–H and O–H groups in total. The lowest BCUT2D eigenvalue weighted by Crippen LogP contribution is -2.37. The fraction of sp³-hybridized carbons (Fsp3) is 0.647. The average molecular weight is 277 g/mol. The lowest BCUT2D eigenvalue weighted by Gasteiger charge is -2.22. The fourth-order valence-electron chi connectivity index (χ4n) is 2.69. The molecule has 112 valence electrons. The highest BCUT2D eigenvalue weighted by Crippen LogP contribution is 2.28. The SMILES string of the molecule is CCCCOc1ccc(CNCC2(O)CCCC2)cc1. The van der Waals surface area contributed by atoms with Crippen molar-refractivity contribution >= 4 is 0 Å². The van der Waals surface area contributed by atoms with Gasteiger partial charge >= 0.3 is 0 Å². The molecular formula is C17H27NO2. The quantitative estimate of drug-likeness (QED) is 0.717. The highest BCUT2D eigenvalue weighted by atomic mass is 16.5. The largest absolute Gasteiger partial charge is 0.494 e. The number of hydrogen-bond donors (Lipinski definition) is 2. The van der Waals surface area contributed by atoms with Crippen LogP contribution in [0.2, 0.25) is 0 Å². The van der Waals surface area contributed by atoms with E-state index in [9.17, 15) is 5.11 Å². The first-order valence-corrected chi connectivity index (χ1v) is 7.87. The van der Waals surface area contributed by atoms with Crippen molar-refractivity contribution in [1.29, 1.82) is 0 Å². The summed E-state index contributed by atoms with van der Waals surface area (Å²) in [7, 11) is 0. The standard InChI is InChI=1S/C17H27NO2/c1-2-3-12-20-16-8-6-15(7-9-16)13-18-14-17(19)10-4-5-11-17/h6-9,18-19H,2-5,10-14H2,1H3. The van der Waals surface area contributed by atoms with E-state index in [2.05, 4.69) is 24.4 Å². The number of hydrogen-bond acceptors (Lipinski definition) is 3. The van der Waals surface area contributed by atoms with Gasteiger partial charge in [0.15, 0.2) is 0 Å². The number of benzene rings is 1. The Morgan fingerprint density at radius 1 is 1.20 bits per heavy atom. The maximum Gasteiger partial charge on any atom is 0.119 e. The summed E-state index contributed by atoms with van der Waals surface area (Å²) < 4.78 is 5.64. The lowest BCUT2D eigenvalue weighted by atomic mass is 10.0. The van der Waals surface area contributed by atoms with Gasteiger partial charge in [0.05, 0.1) is 12.2 Å². The summed E-state index contributed by atoms with van der Waals surface area (Å²) >= 11 is 0. The van der Waals surface area contributed by atoms with Crippen molar-refractivity contribution in [3.05, 3.63) is 29.8 Å². The van der Waals surface area contributed by atoms with Gasteiger partial charge in [0, 0.05) is 13.1 Å². The van der Waals surface area contributed by atoms with Crippen LogP contribution < -0.4 is 10.1 Å². The van der Waals surface area contributed by atoms with Gasteiger partial charge in [0.2, 0.25) is 0 Å². The van der Waals surface area contributed by atoms with Crippen LogP contribution in [0.4, 0.5) is 0 Å². The zero-order valence-electron chi connectivity index (χ0n) is 12.5. The van der Waals surface area contributed by atoms with Crippen molar-refractivity contribution < 1.29 is 9.84 Å². The van der Waals surface area contributed by atoms with Crippen LogP contribution in [0.25, 0.3) is 0 Å². The van der Waals surface area contributed by atoms with Gasteiger partial charge < -0.3 is 15.2 Å². The van der Waals surface area contributed by atoms with E-state index in [0.29, 0.717) is 6.54 Å². The number of rotatable bonds is 8. The second kappa shape index (κ2) is 7.65. The number of aliphatic hydroxyl groups is 1. The van der Waals surface area contributed by atoms with E-state index in [1.165, 1.54) is 5.56 Å². The minimum atomic E-state index is -0.469. The third-order valence-corrected chi connectivity index (χ3v) is 4.01. The Labute approximate surface area is 122 Å². The highest BCUT2D eigenvalue weighted by molar-refractivity contribution is 5.27. The molecule has 1 aromatic carbocycles. The van der Waals surface area contributed by atoms with E-state index in [-0.39, 0.29) is 0 Å². The summed E-state index contributed by atoms with van der Waals surface area (Å²) in [6.45, 7) is 4.46. The molecule has 0 spiro atoms. The van der Waals surface area contributed by atoms with E-state index in [1.807, 2.05) is 12.1 Å². The second-order valence-corrected chi connectivity index (χ2v) is 5.88. The molecule has 0 amide bonds. The molecule has 1 aromatic rings. The average Bonchev–Trinajstić information content (AvgIpc) is 2.88. The molecule has 0 saturated heterocycles. The van der Waals surface area contributed by atoms with Crippen molar-refractivity contribution in [1.82, 2.24) is 5.32 Å². The minimum Gasteiger partial charge on any atom is -0.494 e. The predicted molar refractivity (Wildman–Crippen MR) is 82.0 cm³/mol. The summed E-state index contributed by atoms with van der Waals surface area (Å²) in [4.78, 5) is 0. The van der Waals surface area contributed by atoms with E-state index in [1.54, 1.807) is 0 Å². The molecule has 1 fully saturated rings. The summed E-state index contributed by atoms with van der Waals surface area (Å²) in [6.07, 6.45) is 6.44. The summed E-state index contributed by atoms with van der Waals surface area (Å²) in [5.41, 5.74) is 0.762. The van der Waals surface area contributed by atoms with Crippen molar-refractivity contribution in [2.45, 2.75) is 57.6 Å². The van der Waals surface area contributed by atoms with E-state index < -0.39 is 5.60 Å². The third-order valence-electron chi connectivity index (χ3n) is 4.01. The Bertz CT molecular complexity index is 382. The van der Waals surface area contributed by atoms with Gasteiger partial charge in [-0.3, -0.25) is 0 Å². The Morgan fingerprint density at radius 3 is 2.55 bits per heavy atom. The fourth-order valence-corrected chi connectivity index (χ4v) is 2.69. The Hall–Kier alpha value is -1.06. The van der Waals surface area contributed by atoms with Gasteiger partial charge in [-0.15, -0.1) is 0 Å². The third kappa shape index (κ3) is 4.80. The summed E-state index contributed by atoms with van der Waals surface area (Å²) in [6, 6.07) is 8.23. The molecule has 1 saturated carbocycles. The van der Waals surface area contributed by atoms with Crippen molar-refractivity contribution in [2.75, 3.05) is 13.2 Å². The highest BCUT2D eigenvalue weighted by Gasteiger charge is 2.30. The van der Waals surface area contributed by atoms with Crippen LogP contribution in [0.1, 0.15) is 51.0 Å². The van der Waals surface area contributed by atoms with E-state index in [0.717, 1.165) is 57.4 Å². The number of nitrogens with one attached hydrogen (secondary N) is 1. The number of ether oxygens (including phenoxy) is 1. The molecule has 1 aliphatic carbocycles. The molecule has 0 bridgehead atoms. The molecule has 0 unspecified atom stereocenters. The molecule has 3 heteroatoms. The molecule has 20 heavy (non-hydrogen) atoms. The van der Waals surface area contributed by atoms with Crippen LogP contribution in [0.5, 0.6) is 5.75 Å². The molecule has 0 atom stereocenters. The van der Waals surface area contributed by atoms with Gasteiger partial charge in [0.1, 0.15) is 5.75 Å². The summed E-state index contributed by atoms with van der Waals surface area (Å²) in [5.74, 6) is 0.941. The first kappa shape index (κ1) is 15.3. The Kier molecular flexibility index (Phi) is 5.86. The van der Waals surface area contributed by atoms with Crippen LogP contribution in [0.3, 0.4) is 0 Å². The predicted octanol–water partition coefficient (Wildman–Crippen LogP) is 3.26. The van der Waals surface area contributed by atoms with Gasteiger partial charge in [-0.1, -0.05) is 38.3 Å². The van der Waals surface area contributed by atoms with Crippen LogP contribution in [0, 0.1) is 0 Å².